The Labute approximate surface area is 201 Å². The molecule has 4 amide bonds. The van der Waals surface area contributed by atoms with Crippen molar-refractivity contribution in [3.8, 4) is 5.75 Å². The molecule has 9 nitrogen and oxygen atoms in total. The van der Waals surface area contributed by atoms with Gasteiger partial charge in [-0.15, -0.1) is 0 Å². The lowest BCUT2D eigenvalue weighted by molar-refractivity contribution is 0.0522. The number of urea groups is 2. The number of anilines is 1. The number of piperidine rings is 2. The Morgan fingerprint density at radius 2 is 1.68 bits per heavy atom. The number of likely N-dealkylation sites (tertiary alicyclic amines) is 1. The zero-order valence-electron chi connectivity index (χ0n) is 20.1. The third-order valence-electron chi connectivity index (χ3n) is 7.94. The Balaban J connectivity index is 1.13. The predicted molar refractivity (Wildman–Crippen MR) is 129 cm³/mol. The molecule has 4 fully saturated rings. The number of benzene rings is 1. The number of hydrogen-bond acceptors (Lipinski definition) is 5. The molecule has 5 rings (SSSR count). The van der Waals surface area contributed by atoms with E-state index in [-0.39, 0.29) is 36.3 Å². The maximum absolute atomic E-state index is 13.3. The van der Waals surface area contributed by atoms with Crippen molar-refractivity contribution in [2.75, 3.05) is 51.3 Å². The van der Waals surface area contributed by atoms with E-state index in [2.05, 4.69) is 16.3 Å². The highest BCUT2D eigenvalue weighted by molar-refractivity contribution is 5.77. The lowest BCUT2D eigenvalue weighted by atomic mass is 10.0. The first-order chi connectivity index (χ1) is 16.5. The predicted octanol–water partition coefficient (Wildman–Crippen LogP) is 2.10. The number of nitrogens with one attached hydrogen (secondary N) is 1. The maximum Gasteiger partial charge on any atom is 0.320 e. The molecule has 4 aliphatic rings. The number of ether oxygens (including phenoxy) is 1. The number of methoxy groups -OCH3 is 1. The second-order valence-corrected chi connectivity index (χ2v) is 10.1. The summed E-state index contributed by atoms with van der Waals surface area (Å²) in [6.45, 7) is 4.17. The zero-order chi connectivity index (χ0) is 23.7. The first-order valence-corrected chi connectivity index (χ1v) is 12.7. The largest absolute Gasteiger partial charge is 0.495 e. The van der Waals surface area contributed by atoms with E-state index in [0.29, 0.717) is 32.5 Å². The van der Waals surface area contributed by atoms with E-state index in [0.717, 1.165) is 56.8 Å². The molecule has 1 aromatic carbocycles. The second-order valence-electron chi connectivity index (χ2n) is 10.1. The van der Waals surface area contributed by atoms with Crippen LogP contribution in [0.3, 0.4) is 0 Å². The minimum atomic E-state index is -0.284. The summed E-state index contributed by atoms with van der Waals surface area (Å²) in [4.78, 5) is 34.4. The van der Waals surface area contributed by atoms with Crippen molar-refractivity contribution in [2.45, 2.75) is 62.8 Å². The molecule has 4 atom stereocenters. The van der Waals surface area contributed by atoms with E-state index in [9.17, 15) is 14.7 Å². The maximum atomic E-state index is 13.3. The Kier molecular flexibility index (Phi) is 6.72. The van der Waals surface area contributed by atoms with Gasteiger partial charge in [-0.2, -0.15) is 0 Å². The van der Waals surface area contributed by atoms with Crippen LogP contribution in [0.1, 0.15) is 38.5 Å². The van der Waals surface area contributed by atoms with Gasteiger partial charge in [-0.1, -0.05) is 12.1 Å². The second kappa shape index (κ2) is 9.90. The van der Waals surface area contributed by atoms with Gasteiger partial charge in [0.25, 0.3) is 0 Å². The minimum absolute atomic E-state index is 0.0219. The van der Waals surface area contributed by atoms with Gasteiger partial charge in [0.2, 0.25) is 0 Å². The number of carbonyl (C=O) groups is 2. The molecule has 0 saturated carbocycles. The Morgan fingerprint density at radius 1 is 0.971 bits per heavy atom. The van der Waals surface area contributed by atoms with Crippen LogP contribution >= 0.6 is 0 Å². The monoisotopic (exact) mass is 471 g/mol. The number of amides is 4. The third kappa shape index (κ3) is 4.62. The highest BCUT2D eigenvalue weighted by Gasteiger charge is 2.43. The lowest BCUT2D eigenvalue weighted by Gasteiger charge is -2.42. The van der Waals surface area contributed by atoms with Crippen LogP contribution in [-0.2, 0) is 0 Å². The van der Waals surface area contributed by atoms with Gasteiger partial charge in [-0.3, -0.25) is 0 Å². The topological polar surface area (TPSA) is 88.6 Å². The van der Waals surface area contributed by atoms with Gasteiger partial charge in [0.05, 0.1) is 18.9 Å². The van der Waals surface area contributed by atoms with Crippen molar-refractivity contribution in [1.29, 1.82) is 0 Å². The summed E-state index contributed by atoms with van der Waals surface area (Å²) < 4.78 is 5.50. The van der Waals surface area contributed by atoms with E-state index < -0.39 is 0 Å². The number of nitrogens with zero attached hydrogens (tertiary/aromatic N) is 4. The molecule has 4 saturated heterocycles. The van der Waals surface area contributed by atoms with E-state index in [1.807, 2.05) is 32.9 Å². The summed E-state index contributed by atoms with van der Waals surface area (Å²) in [6, 6.07) is 8.32. The van der Waals surface area contributed by atoms with Gasteiger partial charge in [0.1, 0.15) is 5.75 Å². The minimum Gasteiger partial charge on any atom is -0.495 e. The van der Waals surface area contributed by atoms with E-state index in [4.69, 9.17) is 4.74 Å². The first-order valence-electron chi connectivity index (χ1n) is 12.7. The summed E-state index contributed by atoms with van der Waals surface area (Å²) >= 11 is 0. The standard InChI is InChI=1S/C25H37N5O4/c1-34-23-7-3-2-6-22(23)27-11-13-28(14-12-27)25(33)29-10-4-5-18(17-29)26-24(32)30-19-8-9-20(30)16-21(31)15-19/h2-3,6-7,18-21,31H,4-5,8-17H2,1H3,(H,26,32)/t18-,19-,20?,21?/m0/s1. The van der Waals surface area contributed by atoms with Crippen molar-refractivity contribution in [3.63, 3.8) is 0 Å². The van der Waals surface area contributed by atoms with E-state index in [1.165, 1.54) is 0 Å². The molecule has 9 heteroatoms. The molecule has 4 aliphatic heterocycles. The molecule has 34 heavy (non-hydrogen) atoms. The summed E-state index contributed by atoms with van der Waals surface area (Å²) in [5, 5.41) is 13.2. The number of fused-ring (bicyclic) bond motifs is 2. The molecule has 0 aliphatic carbocycles. The third-order valence-corrected chi connectivity index (χ3v) is 7.94. The van der Waals surface area contributed by atoms with Crippen molar-refractivity contribution >= 4 is 17.7 Å². The van der Waals surface area contributed by atoms with Crippen LogP contribution in [0.5, 0.6) is 5.75 Å². The van der Waals surface area contributed by atoms with Gasteiger partial charge >= 0.3 is 12.1 Å². The summed E-state index contributed by atoms with van der Waals surface area (Å²) in [6.07, 6.45) is 4.82. The van der Waals surface area contributed by atoms with Crippen LogP contribution in [0.2, 0.25) is 0 Å². The van der Waals surface area contributed by atoms with Gasteiger partial charge in [-0.05, 0) is 50.7 Å². The van der Waals surface area contributed by atoms with Gasteiger partial charge in [-0.25, -0.2) is 9.59 Å². The number of carbonyl (C=O) groups excluding carboxylic acids is 2. The average Bonchev–Trinajstić information content (AvgIpc) is 3.15. The highest BCUT2D eigenvalue weighted by Crippen LogP contribution is 2.36. The molecule has 186 valence electrons. The molecular weight excluding hydrogens is 434 g/mol. The molecule has 0 spiro atoms. The summed E-state index contributed by atoms with van der Waals surface area (Å²) in [7, 11) is 1.68. The normalized spacial score (nSPS) is 29.2. The highest BCUT2D eigenvalue weighted by atomic mass is 16.5. The number of aliphatic hydroxyl groups is 1. The average molecular weight is 472 g/mol. The number of hydrogen-bond donors (Lipinski definition) is 2. The molecule has 2 N–H and O–H groups in total. The number of piperazine rings is 1. The van der Waals surface area contributed by atoms with E-state index >= 15 is 0 Å². The first kappa shape index (κ1) is 23.1. The number of para-hydroxylation sites is 2. The Morgan fingerprint density at radius 3 is 2.38 bits per heavy atom. The fourth-order valence-electron chi connectivity index (χ4n) is 6.23. The fourth-order valence-corrected chi connectivity index (χ4v) is 6.23. The number of aliphatic hydroxyl groups excluding tert-OH is 1. The Bertz CT molecular complexity index is 876. The van der Waals surface area contributed by atoms with Crippen molar-refractivity contribution < 1.29 is 19.4 Å². The fraction of sp³-hybridized carbons (Fsp3) is 0.680. The molecular formula is C25H37N5O4. The quantitative estimate of drug-likeness (QED) is 0.705. The van der Waals surface area contributed by atoms with Crippen LogP contribution in [-0.4, -0.2) is 102 Å². The zero-order valence-corrected chi connectivity index (χ0v) is 20.1. The smallest absolute Gasteiger partial charge is 0.320 e. The summed E-state index contributed by atoms with van der Waals surface area (Å²) in [5.41, 5.74) is 1.07. The van der Waals surface area contributed by atoms with Crippen LogP contribution < -0.4 is 15.0 Å². The Hall–Kier alpha value is -2.68. The van der Waals surface area contributed by atoms with Gasteiger partial charge < -0.3 is 34.8 Å². The van der Waals surface area contributed by atoms with E-state index in [1.54, 1.807) is 7.11 Å². The molecule has 4 heterocycles. The molecule has 1 aromatic rings. The molecule has 2 unspecified atom stereocenters. The number of rotatable bonds is 3. The van der Waals surface area contributed by atoms with Crippen LogP contribution in [0, 0.1) is 0 Å². The molecule has 2 bridgehead atoms. The summed E-state index contributed by atoms with van der Waals surface area (Å²) in [5.74, 6) is 0.855. The molecule has 0 aromatic heterocycles. The van der Waals surface area contributed by atoms with Gasteiger partial charge in [0, 0.05) is 57.4 Å². The van der Waals surface area contributed by atoms with Crippen molar-refractivity contribution in [3.05, 3.63) is 24.3 Å². The van der Waals surface area contributed by atoms with Gasteiger partial charge in [0.15, 0.2) is 0 Å². The molecule has 0 radical (unpaired) electrons. The van der Waals surface area contributed by atoms with Crippen LogP contribution in [0.25, 0.3) is 0 Å². The van der Waals surface area contributed by atoms with Crippen LogP contribution in [0.15, 0.2) is 24.3 Å². The SMILES string of the molecule is COc1ccccc1N1CCN(C(=O)N2CCC[C@H](NC(=O)N3C4CC[C@H]3CC(O)C4)C2)CC1. The van der Waals surface area contributed by atoms with Crippen molar-refractivity contribution in [2.24, 2.45) is 0 Å². The van der Waals surface area contributed by atoms with Crippen molar-refractivity contribution in [1.82, 2.24) is 20.0 Å². The lowest BCUT2D eigenvalue weighted by Crippen LogP contribution is -2.59. The van der Waals surface area contributed by atoms with Crippen LogP contribution in [0.4, 0.5) is 15.3 Å².